The van der Waals surface area contributed by atoms with Crippen LogP contribution in [-0.4, -0.2) is 18.5 Å². The van der Waals surface area contributed by atoms with Gasteiger partial charge in [0.25, 0.3) is 5.91 Å². The second-order valence-electron chi connectivity index (χ2n) is 5.11. The van der Waals surface area contributed by atoms with Gasteiger partial charge in [-0.1, -0.05) is 48.7 Å². The van der Waals surface area contributed by atoms with Crippen molar-refractivity contribution < 1.29 is 14.3 Å². The highest BCUT2D eigenvalue weighted by Crippen LogP contribution is 2.24. The lowest BCUT2D eigenvalue weighted by Gasteiger charge is -2.12. The van der Waals surface area contributed by atoms with Gasteiger partial charge >= 0.3 is 5.97 Å². The number of esters is 1. The summed E-state index contributed by atoms with van der Waals surface area (Å²) >= 11 is 12.0. The van der Waals surface area contributed by atoms with Gasteiger partial charge in [-0.25, -0.2) is 4.79 Å². The summed E-state index contributed by atoms with van der Waals surface area (Å²) in [5.41, 5.74) is 0.842. The predicted molar refractivity (Wildman–Crippen MR) is 96.0 cm³/mol. The van der Waals surface area contributed by atoms with E-state index in [-0.39, 0.29) is 11.3 Å². The number of anilines is 1. The van der Waals surface area contributed by atoms with Crippen molar-refractivity contribution in [2.24, 2.45) is 0 Å². The molecule has 2 aromatic rings. The van der Waals surface area contributed by atoms with Gasteiger partial charge in [0, 0.05) is 5.02 Å². The number of nitrogens with one attached hydrogen (secondary N) is 1. The molecule has 0 spiro atoms. The summed E-state index contributed by atoms with van der Waals surface area (Å²) in [4.78, 5) is 24.6. The second kappa shape index (κ2) is 8.71. The highest BCUT2D eigenvalue weighted by atomic mass is 35.5. The first kappa shape index (κ1) is 18.3. The second-order valence-corrected chi connectivity index (χ2v) is 5.96. The average Bonchev–Trinajstić information content (AvgIpc) is 2.55. The Hall–Kier alpha value is -2.04. The molecule has 0 saturated heterocycles. The molecule has 126 valence electrons. The number of ether oxygens (including phenoxy) is 1. The normalized spacial score (nSPS) is 10.3. The maximum absolute atomic E-state index is 12.4. The number of halogens is 2. The Morgan fingerprint density at radius 2 is 1.83 bits per heavy atom. The number of carbonyl (C=O) groups excluding carboxylic acids is 2. The minimum Gasteiger partial charge on any atom is -0.462 e. The Bertz CT molecular complexity index is 747. The highest BCUT2D eigenvalue weighted by molar-refractivity contribution is 6.34. The van der Waals surface area contributed by atoms with Crippen molar-refractivity contribution in [1.29, 1.82) is 0 Å². The standard InChI is InChI=1S/C18H17Cl2NO3/c1-2-3-10-24-18(23)14-9-8-12(19)11-16(14)21-17(22)13-6-4-5-7-15(13)20/h4-9,11H,2-3,10H2,1H3,(H,21,22). The SMILES string of the molecule is CCCCOC(=O)c1ccc(Cl)cc1NC(=O)c1ccccc1Cl. The van der Waals surface area contributed by atoms with Gasteiger partial charge in [-0.05, 0) is 36.8 Å². The summed E-state index contributed by atoms with van der Waals surface area (Å²) in [6.45, 7) is 2.33. The van der Waals surface area contributed by atoms with Gasteiger partial charge in [0.05, 0.1) is 28.4 Å². The van der Waals surface area contributed by atoms with Crippen LogP contribution in [0.15, 0.2) is 42.5 Å². The molecule has 2 aromatic carbocycles. The van der Waals surface area contributed by atoms with E-state index < -0.39 is 11.9 Å². The summed E-state index contributed by atoms with van der Waals surface area (Å²) < 4.78 is 5.20. The Morgan fingerprint density at radius 1 is 1.08 bits per heavy atom. The lowest BCUT2D eigenvalue weighted by Crippen LogP contribution is -2.16. The Labute approximate surface area is 150 Å². The molecule has 0 heterocycles. The molecule has 4 nitrogen and oxygen atoms in total. The van der Waals surface area contributed by atoms with Crippen molar-refractivity contribution in [3.05, 3.63) is 63.6 Å². The highest BCUT2D eigenvalue weighted by Gasteiger charge is 2.17. The van der Waals surface area contributed by atoms with Crippen LogP contribution >= 0.6 is 23.2 Å². The van der Waals surface area contributed by atoms with Gasteiger partial charge in [-0.15, -0.1) is 0 Å². The van der Waals surface area contributed by atoms with E-state index in [1.807, 2.05) is 6.92 Å². The number of rotatable bonds is 6. The van der Waals surface area contributed by atoms with Crippen molar-refractivity contribution in [3.8, 4) is 0 Å². The molecule has 0 unspecified atom stereocenters. The van der Waals surface area contributed by atoms with Gasteiger partial charge in [0.1, 0.15) is 0 Å². The monoisotopic (exact) mass is 365 g/mol. The number of carbonyl (C=O) groups is 2. The number of benzene rings is 2. The summed E-state index contributed by atoms with van der Waals surface area (Å²) in [5, 5.41) is 3.39. The number of hydrogen-bond donors (Lipinski definition) is 1. The van der Waals surface area contributed by atoms with Crippen LogP contribution in [0.2, 0.25) is 10.0 Å². The molecule has 0 aliphatic heterocycles. The van der Waals surface area contributed by atoms with Crippen LogP contribution in [0.5, 0.6) is 0 Å². The van der Waals surface area contributed by atoms with E-state index in [2.05, 4.69) is 5.32 Å². The third kappa shape index (κ3) is 4.73. The van der Waals surface area contributed by atoms with Crippen LogP contribution in [0.4, 0.5) is 5.69 Å². The van der Waals surface area contributed by atoms with Crippen molar-refractivity contribution in [3.63, 3.8) is 0 Å². The molecule has 0 saturated carbocycles. The van der Waals surface area contributed by atoms with E-state index in [1.165, 1.54) is 12.1 Å². The third-order valence-corrected chi connectivity index (χ3v) is 3.86. The molecular formula is C18H17Cl2NO3. The lowest BCUT2D eigenvalue weighted by molar-refractivity contribution is 0.0501. The van der Waals surface area contributed by atoms with Gasteiger partial charge < -0.3 is 10.1 Å². The van der Waals surface area contributed by atoms with E-state index in [1.54, 1.807) is 30.3 Å². The van der Waals surface area contributed by atoms with E-state index in [0.717, 1.165) is 12.8 Å². The molecule has 0 aromatic heterocycles. The molecule has 24 heavy (non-hydrogen) atoms. The Morgan fingerprint density at radius 3 is 2.54 bits per heavy atom. The van der Waals surface area contributed by atoms with Crippen LogP contribution in [0.1, 0.15) is 40.5 Å². The zero-order valence-corrected chi connectivity index (χ0v) is 14.7. The maximum Gasteiger partial charge on any atom is 0.340 e. The molecule has 0 fully saturated rings. The summed E-state index contributed by atoms with van der Waals surface area (Å²) in [6.07, 6.45) is 1.70. The lowest BCUT2D eigenvalue weighted by atomic mass is 10.1. The van der Waals surface area contributed by atoms with Gasteiger partial charge in [-0.2, -0.15) is 0 Å². The van der Waals surface area contributed by atoms with E-state index in [0.29, 0.717) is 22.2 Å². The van der Waals surface area contributed by atoms with Crippen molar-refractivity contribution >= 4 is 40.8 Å². The molecule has 0 bridgehead atoms. The van der Waals surface area contributed by atoms with Gasteiger partial charge in [-0.3, -0.25) is 4.79 Å². The molecule has 6 heteroatoms. The molecule has 0 aliphatic rings. The van der Waals surface area contributed by atoms with Crippen molar-refractivity contribution in [2.45, 2.75) is 19.8 Å². The minimum absolute atomic E-state index is 0.246. The smallest absolute Gasteiger partial charge is 0.340 e. The number of unbranched alkanes of at least 4 members (excludes halogenated alkanes) is 1. The molecular weight excluding hydrogens is 349 g/mol. The Balaban J connectivity index is 2.23. The van der Waals surface area contributed by atoms with Crippen LogP contribution in [-0.2, 0) is 4.74 Å². The first-order chi connectivity index (χ1) is 11.5. The Kier molecular flexibility index (Phi) is 6.64. The molecule has 2 rings (SSSR count). The van der Waals surface area contributed by atoms with E-state index in [4.69, 9.17) is 27.9 Å². The minimum atomic E-state index is -0.505. The summed E-state index contributed by atoms with van der Waals surface area (Å²) in [6, 6.07) is 11.3. The first-order valence-electron chi connectivity index (χ1n) is 7.55. The van der Waals surface area contributed by atoms with Crippen LogP contribution in [0, 0.1) is 0 Å². The molecule has 0 aliphatic carbocycles. The topological polar surface area (TPSA) is 55.4 Å². The summed E-state index contributed by atoms with van der Waals surface area (Å²) in [5.74, 6) is -0.931. The molecule has 0 atom stereocenters. The maximum atomic E-state index is 12.4. The van der Waals surface area contributed by atoms with Gasteiger partial charge in [0.15, 0.2) is 0 Å². The molecule has 1 amide bonds. The fourth-order valence-electron chi connectivity index (χ4n) is 2.02. The van der Waals surface area contributed by atoms with Crippen molar-refractivity contribution in [1.82, 2.24) is 0 Å². The fraction of sp³-hybridized carbons (Fsp3) is 0.222. The molecule has 1 N–H and O–H groups in total. The van der Waals surface area contributed by atoms with Crippen LogP contribution < -0.4 is 5.32 Å². The largest absolute Gasteiger partial charge is 0.462 e. The van der Waals surface area contributed by atoms with Crippen molar-refractivity contribution in [2.75, 3.05) is 11.9 Å². The van der Waals surface area contributed by atoms with Gasteiger partial charge in [0.2, 0.25) is 0 Å². The third-order valence-electron chi connectivity index (χ3n) is 3.30. The summed E-state index contributed by atoms with van der Waals surface area (Å²) in [7, 11) is 0. The first-order valence-corrected chi connectivity index (χ1v) is 8.31. The van der Waals surface area contributed by atoms with Crippen LogP contribution in [0.25, 0.3) is 0 Å². The average molecular weight is 366 g/mol. The number of hydrogen-bond acceptors (Lipinski definition) is 3. The van der Waals surface area contributed by atoms with E-state index >= 15 is 0 Å². The fourth-order valence-corrected chi connectivity index (χ4v) is 2.41. The quantitative estimate of drug-likeness (QED) is 0.565. The zero-order chi connectivity index (χ0) is 17.5. The number of amides is 1. The zero-order valence-electron chi connectivity index (χ0n) is 13.1. The van der Waals surface area contributed by atoms with Crippen LogP contribution in [0.3, 0.4) is 0 Å². The van der Waals surface area contributed by atoms with E-state index in [9.17, 15) is 9.59 Å². The predicted octanol–water partition coefficient (Wildman–Crippen LogP) is 5.20. The molecule has 0 radical (unpaired) electrons.